The van der Waals surface area contributed by atoms with Crippen molar-refractivity contribution in [1.82, 2.24) is 34.3 Å². The van der Waals surface area contributed by atoms with Gasteiger partial charge >= 0.3 is 12.2 Å². The maximum absolute atomic E-state index is 13.3. The molecule has 2 N–H and O–H groups in total. The Morgan fingerprint density at radius 2 is 1.73 bits per heavy atom. The smallest absolute Gasteiger partial charge is 0.412 e. The highest BCUT2D eigenvalue weighted by atomic mass is 16.6. The fraction of sp³-hybridized carbons (Fsp3) is 0.486. The van der Waals surface area contributed by atoms with Gasteiger partial charge in [0.25, 0.3) is 0 Å². The van der Waals surface area contributed by atoms with Crippen LogP contribution in [0.5, 0.6) is 0 Å². The van der Waals surface area contributed by atoms with Crippen LogP contribution in [0.3, 0.4) is 0 Å². The highest BCUT2D eigenvalue weighted by Crippen LogP contribution is 2.44. The molecule has 0 spiro atoms. The predicted molar refractivity (Wildman–Crippen MR) is 183 cm³/mol. The van der Waals surface area contributed by atoms with Crippen LogP contribution in [0.25, 0.3) is 22.3 Å². The van der Waals surface area contributed by atoms with Gasteiger partial charge in [-0.05, 0) is 60.1 Å². The molecule has 3 aliphatic rings. The number of aryl methyl sites for hydroxylation is 1. The normalized spacial score (nSPS) is 20.5. The van der Waals surface area contributed by atoms with E-state index in [-0.39, 0.29) is 18.7 Å². The maximum atomic E-state index is 13.3. The number of carbonyl (C=O) groups excluding carboxylic acids is 2. The molecule has 0 aromatic carbocycles. The zero-order valence-corrected chi connectivity index (χ0v) is 29.0. The Kier molecular flexibility index (Phi) is 7.88. The van der Waals surface area contributed by atoms with E-state index >= 15 is 0 Å². The summed E-state index contributed by atoms with van der Waals surface area (Å²) in [5, 5.41) is 15.9. The van der Waals surface area contributed by atoms with Gasteiger partial charge in [-0.25, -0.2) is 19.6 Å². The number of aliphatic hydroxyl groups excluding tert-OH is 1. The molecule has 2 saturated heterocycles. The number of ether oxygens (including phenoxy) is 2. The van der Waals surface area contributed by atoms with Crippen molar-refractivity contribution in [3.63, 3.8) is 0 Å². The molecule has 7 rings (SSSR count). The lowest BCUT2D eigenvalue weighted by atomic mass is 10.00. The molecule has 3 atom stereocenters. The molecule has 0 bridgehead atoms. The SMILES string of the molecule is Cn1ccc2c(-c3ncc(Nc4cncc(N5CCC6CN(C(=O)OC(C)(C)C)CC65)n4)c4c3CN(C(=O)OC(C)(C)C)C4O)ccnc21. The minimum absolute atomic E-state index is 0.0939. The third-order valence-corrected chi connectivity index (χ3v) is 9.14. The average molecular weight is 670 g/mol. The topological polar surface area (TPSA) is 151 Å². The summed E-state index contributed by atoms with van der Waals surface area (Å²) < 4.78 is 13.2. The summed E-state index contributed by atoms with van der Waals surface area (Å²) in [6.07, 6.45) is 7.37. The summed E-state index contributed by atoms with van der Waals surface area (Å²) in [5.41, 5.74) is 2.67. The molecule has 0 radical (unpaired) electrons. The molecule has 2 amide bonds. The number of hydrogen-bond acceptors (Lipinski definition) is 11. The van der Waals surface area contributed by atoms with E-state index in [0.29, 0.717) is 53.2 Å². The van der Waals surface area contributed by atoms with E-state index in [2.05, 4.69) is 20.2 Å². The molecular weight excluding hydrogens is 626 g/mol. The number of fused-ring (bicyclic) bond motifs is 3. The van der Waals surface area contributed by atoms with E-state index in [9.17, 15) is 14.7 Å². The number of hydrogen-bond donors (Lipinski definition) is 2. The molecule has 2 fully saturated rings. The van der Waals surface area contributed by atoms with Gasteiger partial charge < -0.3 is 34.3 Å². The summed E-state index contributed by atoms with van der Waals surface area (Å²) >= 11 is 0. The molecule has 0 saturated carbocycles. The fourth-order valence-corrected chi connectivity index (χ4v) is 7.04. The van der Waals surface area contributed by atoms with Crippen molar-refractivity contribution >= 4 is 40.5 Å². The zero-order valence-electron chi connectivity index (χ0n) is 29.0. The predicted octanol–water partition coefficient (Wildman–Crippen LogP) is 5.36. The lowest BCUT2D eigenvalue weighted by molar-refractivity contribution is -0.0255. The minimum Gasteiger partial charge on any atom is -0.444 e. The van der Waals surface area contributed by atoms with E-state index in [1.165, 1.54) is 4.90 Å². The second kappa shape index (κ2) is 11.9. The van der Waals surface area contributed by atoms with E-state index < -0.39 is 23.5 Å². The first kappa shape index (κ1) is 32.6. The van der Waals surface area contributed by atoms with Gasteiger partial charge in [0.15, 0.2) is 12.0 Å². The number of nitrogens with zero attached hydrogens (tertiary/aromatic N) is 8. The summed E-state index contributed by atoms with van der Waals surface area (Å²) in [6, 6.07) is 3.98. The van der Waals surface area contributed by atoms with Crippen molar-refractivity contribution < 1.29 is 24.2 Å². The fourth-order valence-electron chi connectivity index (χ4n) is 7.04. The lowest BCUT2D eigenvalue weighted by Crippen LogP contribution is -2.39. The Hall–Kier alpha value is -4.98. The van der Waals surface area contributed by atoms with Gasteiger partial charge in [0.05, 0.1) is 42.6 Å². The van der Waals surface area contributed by atoms with Gasteiger partial charge in [0, 0.05) is 67.1 Å². The van der Waals surface area contributed by atoms with Crippen LogP contribution in [-0.4, -0.2) is 88.5 Å². The van der Waals surface area contributed by atoms with Gasteiger partial charge in [-0.1, -0.05) is 0 Å². The molecule has 49 heavy (non-hydrogen) atoms. The second-order valence-electron chi connectivity index (χ2n) is 15.0. The first-order chi connectivity index (χ1) is 23.2. The van der Waals surface area contributed by atoms with Crippen molar-refractivity contribution in [3.8, 4) is 11.3 Å². The number of carbonyl (C=O) groups is 2. The number of aliphatic hydroxyl groups is 1. The molecule has 4 aromatic rings. The van der Waals surface area contributed by atoms with Crippen molar-refractivity contribution in [2.75, 3.05) is 29.9 Å². The van der Waals surface area contributed by atoms with Gasteiger partial charge in [0.1, 0.15) is 22.7 Å². The van der Waals surface area contributed by atoms with E-state index in [4.69, 9.17) is 19.4 Å². The Morgan fingerprint density at radius 3 is 2.49 bits per heavy atom. The molecule has 3 unspecified atom stereocenters. The van der Waals surface area contributed by atoms with E-state index in [1.54, 1.807) is 50.5 Å². The van der Waals surface area contributed by atoms with Crippen LogP contribution in [0.1, 0.15) is 65.3 Å². The zero-order chi connectivity index (χ0) is 34.8. The molecular formula is C35H43N9O5. The van der Waals surface area contributed by atoms with Crippen molar-refractivity contribution in [1.29, 1.82) is 0 Å². The standard InChI is InChI=1S/C35H43N9O5/c1-34(2,3)48-32(46)42-17-20-9-13-43(25(20)19-42)27-16-36-15-26(40-27)39-24-14-38-29(21-8-11-37-30-22(21)10-12-41(30)7)23-18-44(31(45)28(23)24)33(47)49-35(4,5)6/h8,10-12,14-16,20,25,31,45H,9,13,17-19H2,1-7H3,(H,39,40). The van der Waals surface area contributed by atoms with Crippen LogP contribution in [0.4, 0.5) is 26.9 Å². The van der Waals surface area contributed by atoms with Crippen LogP contribution in [0, 0.1) is 5.92 Å². The number of aromatic nitrogens is 5. The first-order valence-corrected chi connectivity index (χ1v) is 16.6. The summed E-state index contributed by atoms with van der Waals surface area (Å²) in [6.45, 7) is 13.1. The molecule has 0 aliphatic carbocycles. The first-order valence-electron chi connectivity index (χ1n) is 16.6. The monoisotopic (exact) mass is 669 g/mol. The number of nitrogens with one attached hydrogen (secondary N) is 1. The van der Waals surface area contributed by atoms with Crippen molar-refractivity contribution in [2.24, 2.45) is 13.0 Å². The third-order valence-electron chi connectivity index (χ3n) is 9.14. The van der Waals surface area contributed by atoms with Crippen LogP contribution < -0.4 is 10.2 Å². The van der Waals surface area contributed by atoms with Gasteiger partial charge in [-0.15, -0.1) is 0 Å². The van der Waals surface area contributed by atoms with Crippen LogP contribution in [0.15, 0.2) is 43.1 Å². The molecule has 7 heterocycles. The van der Waals surface area contributed by atoms with Crippen LogP contribution in [0.2, 0.25) is 0 Å². The number of pyridine rings is 2. The largest absolute Gasteiger partial charge is 0.444 e. The Labute approximate surface area is 285 Å². The minimum atomic E-state index is -1.30. The van der Waals surface area contributed by atoms with Crippen LogP contribution >= 0.6 is 0 Å². The maximum Gasteiger partial charge on any atom is 0.412 e. The Bertz CT molecular complexity index is 1930. The van der Waals surface area contributed by atoms with Crippen LogP contribution in [-0.2, 0) is 23.1 Å². The molecule has 14 heteroatoms. The second-order valence-corrected chi connectivity index (χ2v) is 15.0. The third kappa shape index (κ3) is 6.20. The van der Waals surface area contributed by atoms with Gasteiger partial charge in [0.2, 0.25) is 0 Å². The van der Waals surface area contributed by atoms with Crippen molar-refractivity contribution in [2.45, 2.75) is 78.0 Å². The quantitative estimate of drug-likeness (QED) is 0.289. The Morgan fingerprint density at radius 1 is 0.980 bits per heavy atom. The number of anilines is 3. The summed E-state index contributed by atoms with van der Waals surface area (Å²) in [4.78, 5) is 50.2. The molecule has 3 aliphatic heterocycles. The van der Waals surface area contributed by atoms with Gasteiger partial charge in [-0.3, -0.25) is 14.9 Å². The number of amides is 2. The number of likely N-dealkylation sites (tertiary alicyclic amines) is 1. The average Bonchev–Trinajstić information content (AvgIpc) is 3.79. The van der Waals surface area contributed by atoms with E-state index in [1.807, 2.05) is 50.7 Å². The summed E-state index contributed by atoms with van der Waals surface area (Å²) in [5.74, 6) is 1.45. The van der Waals surface area contributed by atoms with Gasteiger partial charge in [-0.2, -0.15) is 0 Å². The Balaban J connectivity index is 1.20. The highest BCUT2D eigenvalue weighted by molar-refractivity contribution is 5.94. The highest BCUT2D eigenvalue weighted by Gasteiger charge is 2.45. The summed E-state index contributed by atoms with van der Waals surface area (Å²) in [7, 11) is 1.93. The van der Waals surface area contributed by atoms with Crippen molar-refractivity contribution in [3.05, 3.63) is 54.2 Å². The van der Waals surface area contributed by atoms with E-state index in [0.717, 1.165) is 29.6 Å². The molecule has 14 nitrogen and oxygen atoms in total. The molecule has 258 valence electrons. The number of rotatable bonds is 4. The molecule has 4 aromatic heterocycles. The lowest BCUT2D eigenvalue weighted by Gasteiger charge is -2.27.